The first-order chi connectivity index (χ1) is 12.9. The Labute approximate surface area is 153 Å². The van der Waals surface area contributed by atoms with Crippen LogP contribution in [0.4, 0.5) is 0 Å². The van der Waals surface area contributed by atoms with E-state index in [1.165, 1.54) is 21.9 Å². The molecule has 0 aliphatic heterocycles. The lowest BCUT2D eigenvalue weighted by Crippen LogP contribution is -1.83. The van der Waals surface area contributed by atoms with Gasteiger partial charge in [-0.25, -0.2) is 0 Å². The van der Waals surface area contributed by atoms with E-state index in [1.807, 2.05) is 49.1 Å². The molecule has 0 amide bonds. The summed E-state index contributed by atoms with van der Waals surface area (Å²) in [4.78, 5) is 8.14. The molecule has 0 aliphatic carbocycles. The fourth-order valence-corrected chi connectivity index (χ4v) is 3.00. The minimum atomic E-state index is 1.14. The van der Waals surface area contributed by atoms with Gasteiger partial charge in [-0.2, -0.15) is 0 Å². The second-order valence-electron chi connectivity index (χ2n) is 6.02. The van der Waals surface area contributed by atoms with Crippen LogP contribution in [-0.4, -0.2) is 9.97 Å². The third kappa shape index (κ3) is 3.60. The average molecular weight is 334 g/mol. The molecule has 0 N–H and O–H groups in total. The molecule has 0 spiro atoms. The quantitative estimate of drug-likeness (QED) is 0.459. The summed E-state index contributed by atoms with van der Waals surface area (Å²) >= 11 is 0. The SMILES string of the molecule is C(=Cc1cccc2cccc(C=Cc3ccncc3)c12)c1ccncc1. The van der Waals surface area contributed by atoms with Crippen LogP contribution in [0.25, 0.3) is 35.1 Å². The van der Waals surface area contributed by atoms with Crippen LogP contribution in [0.2, 0.25) is 0 Å². The Morgan fingerprint density at radius 3 is 1.42 bits per heavy atom. The van der Waals surface area contributed by atoms with Crippen LogP contribution in [-0.2, 0) is 0 Å². The van der Waals surface area contributed by atoms with Crippen molar-refractivity contribution in [1.82, 2.24) is 9.97 Å². The second kappa shape index (κ2) is 7.58. The molecular formula is C24H18N2. The van der Waals surface area contributed by atoms with Crippen LogP contribution in [0.3, 0.4) is 0 Å². The van der Waals surface area contributed by atoms with Crippen molar-refractivity contribution < 1.29 is 0 Å². The lowest BCUT2D eigenvalue weighted by atomic mass is 9.98. The molecule has 0 unspecified atom stereocenters. The highest BCUT2D eigenvalue weighted by molar-refractivity contribution is 5.99. The van der Waals surface area contributed by atoms with E-state index in [0.717, 1.165) is 11.1 Å². The lowest BCUT2D eigenvalue weighted by Gasteiger charge is -2.07. The maximum atomic E-state index is 4.07. The van der Waals surface area contributed by atoms with Crippen LogP contribution in [0.15, 0.2) is 85.5 Å². The molecule has 26 heavy (non-hydrogen) atoms. The van der Waals surface area contributed by atoms with Crippen molar-refractivity contribution in [3.63, 3.8) is 0 Å². The number of fused-ring (bicyclic) bond motifs is 1. The van der Waals surface area contributed by atoms with Gasteiger partial charge in [0.25, 0.3) is 0 Å². The fourth-order valence-electron chi connectivity index (χ4n) is 3.00. The molecule has 2 aromatic heterocycles. The number of pyridine rings is 2. The van der Waals surface area contributed by atoms with Gasteiger partial charge < -0.3 is 0 Å². The van der Waals surface area contributed by atoms with Gasteiger partial charge >= 0.3 is 0 Å². The average Bonchev–Trinajstić information content (AvgIpc) is 2.72. The lowest BCUT2D eigenvalue weighted by molar-refractivity contribution is 1.32. The van der Waals surface area contributed by atoms with Gasteiger partial charge in [-0.05, 0) is 57.3 Å². The summed E-state index contributed by atoms with van der Waals surface area (Å²) in [5.41, 5.74) is 4.69. The summed E-state index contributed by atoms with van der Waals surface area (Å²) in [5, 5.41) is 2.49. The zero-order valence-electron chi connectivity index (χ0n) is 14.3. The van der Waals surface area contributed by atoms with E-state index < -0.39 is 0 Å². The number of rotatable bonds is 4. The largest absolute Gasteiger partial charge is 0.265 e. The summed E-state index contributed by atoms with van der Waals surface area (Å²) in [5.74, 6) is 0. The molecule has 4 rings (SSSR count). The summed E-state index contributed by atoms with van der Waals surface area (Å²) in [6.45, 7) is 0. The van der Waals surface area contributed by atoms with Gasteiger partial charge in [0.15, 0.2) is 0 Å². The number of nitrogens with zero attached hydrogens (tertiary/aromatic N) is 2. The molecule has 4 aromatic rings. The second-order valence-corrected chi connectivity index (χ2v) is 6.02. The molecule has 0 saturated carbocycles. The number of hydrogen-bond donors (Lipinski definition) is 0. The molecule has 124 valence electrons. The van der Waals surface area contributed by atoms with Gasteiger partial charge in [0.05, 0.1) is 0 Å². The molecule has 2 nitrogen and oxygen atoms in total. The van der Waals surface area contributed by atoms with Crippen molar-refractivity contribution in [2.45, 2.75) is 0 Å². The summed E-state index contributed by atoms with van der Waals surface area (Å²) in [6, 6.07) is 20.9. The van der Waals surface area contributed by atoms with Crippen molar-refractivity contribution in [1.29, 1.82) is 0 Å². The first-order valence-electron chi connectivity index (χ1n) is 8.58. The Morgan fingerprint density at radius 2 is 0.962 bits per heavy atom. The van der Waals surface area contributed by atoms with Crippen LogP contribution in [0.5, 0.6) is 0 Å². The van der Waals surface area contributed by atoms with Crippen molar-refractivity contribution in [2.75, 3.05) is 0 Å². The molecule has 2 heteroatoms. The third-order valence-electron chi connectivity index (χ3n) is 4.29. The Kier molecular flexibility index (Phi) is 4.66. The minimum Gasteiger partial charge on any atom is -0.265 e. The monoisotopic (exact) mass is 334 g/mol. The Balaban J connectivity index is 1.77. The van der Waals surface area contributed by atoms with Crippen molar-refractivity contribution in [2.24, 2.45) is 0 Å². The van der Waals surface area contributed by atoms with E-state index in [4.69, 9.17) is 0 Å². The summed E-state index contributed by atoms with van der Waals surface area (Å²) in [6.07, 6.45) is 15.8. The van der Waals surface area contributed by atoms with E-state index in [0.29, 0.717) is 0 Å². The van der Waals surface area contributed by atoms with Crippen molar-refractivity contribution in [3.05, 3.63) is 108 Å². The highest BCUT2D eigenvalue weighted by Crippen LogP contribution is 2.26. The Morgan fingerprint density at radius 1 is 0.500 bits per heavy atom. The molecule has 2 heterocycles. The smallest absolute Gasteiger partial charge is 0.0273 e. The molecule has 2 aromatic carbocycles. The zero-order chi connectivity index (χ0) is 17.6. The fraction of sp³-hybridized carbons (Fsp3) is 0. The molecule has 0 bridgehead atoms. The standard InChI is InChI=1S/C24H18N2/c1-3-21-4-2-6-23(10-8-20-13-17-26-18-14-20)24(21)22(5-1)9-7-19-11-15-25-16-12-19/h1-18H. The van der Waals surface area contributed by atoms with Gasteiger partial charge in [0.1, 0.15) is 0 Å². The summed E-state index contributed by atoms with van der Waals surface area (Å²) in [7, 11) is 0. The number of hydrogen-bond acceptors (Lipinski definition) is 2. The topological polar surface area (TPSA) is 25.8 Å². The first kappa shape index (κ1) is 16.0. The normalized spacial score (nSPS) is 11.5. The third-order valence-corrected chi connectivity index (χ3v) is 4.29. The van der Waals surface area contributed by atoms with Gasteiger partial charge in [-0.1, -0.05) is 60.7 Å². The maximum absolute atomic E-state index is 4.07. The Bertz CT molecular complexity index is 981. The predicted octanol–water partition coefficient (Wildman–Crippen LogP) is 5.97. The van der Waals surface area contributed by atoms with Gasteiger partial charge in [-0.3, -0.25) is 9.97 Å². The molecule has 0 atom stereocenters. The highest BCUT2D eigenvalue weighted by Gasteiger charge is 2.02. The van der Waals surface area contributed by atoms with Gasteiger partial charge in [0.2, 0.25) is 0 Å². The van der Waals surface area contributed by atoms with Crippen LogP contribution in [0, 0.1) is 0 Å². The number of aromatic nitrogens is 2. The van der Waals surface area contributed by atoms with Crippen molar-refractivity contribution in [3.8, 4) is 0 Å². The van der Waals surface area contributed by atoms with Gasteiger partial charge in [0, 0.05) is 24.8 Å². The van der Waals surface area contributed by atoms with Crippen LogP contribution >= 0.6 is 0 Å². The van der Waals surface area contributed by atoms with Crippen LogP contribution in [0.1, 0.15) is 22.3 Å². The van der Waals surface area contributed by atoms with Gasteiger partial charge in [-0.15, -0.1) is 0 Å². The maximum Gasteiger partial charge on any atom is 0.0273 e. The molecule has 0 fully saturated rings. The van der Waals surface area contributed by atoms with E-state index in [9.17, 15) is 0 Å². The molecule has 0 radical (unpaired) electrons. The number of benzene rings is 2. The van der Waals surface area contributed by atoms with Crippen LogP contribution < -0.4 is 0 Å². The molecular weight excluding hydrogens is 316 g/mol. The Hall–Kier alpha value is -3.52. The van der Waals surface area contributed by atoms with E-state index in [2.05, 4.69) is 70.7 Å². The molecule has 0 aliphatic rings. The predicted molar refractivity (Wildman–Crippen MR) is 110 cm³/mol. The zero-order valence-corrected chi connectivity index (χ0v) is 14.3. The van der Waals surface area contributed by atoms with Crippen molar-refractivity contribution >= 4 is 35.1 Å². The van der Waals surface area contributed by atoms with E-state index in [1.54, 1.807) is 0 Å². The van der Waals surface area contributed by atoms with E-state index in [-0.39, 0.29) is 0 Å². The minimum absolute atomic E-state index is 1.14. The first-order valence-corrected chi connectivity index (χ1v) is 8.58. The molecule has 0 saturated heterocycles. The highest BCUT2D eigenvalue weighted by atomic mass is 14.6. The van der Waals surface area contributed by atoms with E-state index >= 15 is 0 Å². The summed E-state index contributed by atoms with van der Waals surface area (Å²) < 4.78 is 0.